The molecule has 0 aliphatic heterocycles. The fraction of sp³-hybridized carbons (Fsp3) is 0.529. The summed E-state index contributed by atoms with van der Waals surface area (Å²) in [5, 5.41) is 4.39. The summed E-state index contributed by atoms with van der Waals surface area (Å²) in [6.07, 6.45) is 8.83. The van der Waals surface area contributed by atoms with E-state index in [-0.39, 0.29) is 5.91 Å². The number of hydrogen-bond donors (Lipinski definition) is 1. The molecule has 0 aromatic heterocycles. The number of carbonyl (C=O) groups is 1. The van der Waals surface area contributed by atoms with E-state index in [0.717, 1.165) is 29.2 Å². The maximum absolute atomic E-state index is 12.1. The maximum atomic E-state index is 12.1. The van der Waals surface area contributed by atoms with Crippen molar-refractivity contribution in [2.45, 2.75) is 44.9 Å². The third-order valence-electron chi connectivity index (χ3n) is 4.80. The molecule has 2 atom stereocenters. The Kier molecular flexibility index (Phi) is 4.73. The summed E-state index contributed by atoms with van der Waals surface area (Å²) in [4.78, 5) is 12.1. The second-order valence-electron chi connectivity index (χ2n) is 6.15. The molecule has 1 amide bonds. The fourth-order valence-corrected chi connectivity index (χ4v) is 4.09. The van der Waals surface area contributed by atoms with Crippen LogP contribution in [0.3, 0.4) is 0 Å². The van der Waals surface area contributed by atoms with Crippen LogP contribution >= 0.6 is 15.9 Å². The molecule has 0 radical (unpaired) electrons. The lowest BCUT2D eigenvalue weighted by molar-refractivity contribution is 0.0953. The summed E-state index contributed by atoms with van der Waals surface area (Å²) in [5.74, 6) is 1.56. The molecule has 2 saturated carbocycles. The van der Waals surface area contributed by atoms with E-state index >= 15 is 0 Å². The average Bonchev–Trinajstić information content (AvgIpc) is 2.53. The Balaban J connectivity index is 1.61. The summed E-state index contributed by atoms with van der Waals surface area (Å²) in [6.45, 7) is 0. The molecule has 2 aliphatic rings. The van der Waals surface area contributed by atoms with E-state index in [1.54, 1.807) is 6.07 Å². The van der Waals surface area contributed by atoms with Crippen LogP contribution < -0.4 is 5.43 Å². The summed E-state index contributed by atoms with van der Waals surface area (Å²) in [7, 11) is 0. The van der Waals surface area contributed by atoms with E-state index < -0.39 is 0 Å². The molecule has 3 rings (SSSR count). The van der Waals surface area contributed by atoms with Crippen molar-refractivity contribution in [2.24, 2.45) is 16.9 Å². The number of hydrogen-bond acceptors (Lipinski definition) is 2. The summed E-state index contributed by atoms with van der Waals surface area (Å²) < 4.78 is 0.804. The molecule has 0 heterocycles. The minimum absolute atomic E-state index is 0.138. The zero-order chi connectivity index (χ0) is 14.7. The van der Waals surface area contributed by atoms with Crippen LogP contribution in [0.4, 0.5) is 0 Å². The maximum Gasteiger partial charge on any atom is 0.272 e. The molecule has 0 saturated heterocycles. The van der Waals surface area contributed by atoms with E-state index in [1.807, 2.05) is 18.2 Å². The first-order chi connectivity index (χ1) is 10.2. The van der Waals surface area contributed by atoms with Crippen molar-refractivity contribution in [2.75, 3.05) is 0 Å². The lowest BCUT2D eigenvalue weighted by atomic mass is 9.70. The second-order valence-corrected chi connectivity index (χ2v) is 7.00. The van der Waals surface area contributed by atoms with Crippen molar-refractivity contribution in [1.82, 2.24) is 5.43 Å². The highest BCUT2D eigenvalue weighted by molar-refractivity contribution is 9.10. The van der Waals surface area contributed by atoms with Crippen molar-refractivity contribution in [1.29, 1.82) is 0 Å². The Morgan fingerprint density at radius 3 is 2.71 bits per heavy atom. The van der Waals surface area contributed by atoms with E-state index in [2.05, 4.69) is 26.5 Å². The third-order valence-corrected chi connectivity index (χ3v) is 5.49. The van der Waals surface area contributed by atoms with Gasteiger partial charge in [0.25, 0.3) is 5.91 Å². The number of rotatable bonds is 2. The molecule has 1 aromatic rings. The van der Waals surface area contributed by atoms with Crippen LogP contribution in [0.2, 0.25) is 0 Å². The lowest BCUT2D eigenvalue weighted by Crippen LogP contribution is -2.29. The molecule has 0 unspecified atom stereocenters. The zero-order valence-electron chi connectivity index (χ0n) is 12.1. The van der Waals surface area contributed by atoms with Crippen molar-refractivity contribution in [3.05, 3.63) is 34.3 Å². The SMILES string of the molecule is O=C(N/N=C1/CC[C@H]2CCCC[C@@H]2C1)c1ccccc1Br. The Hall–Kier alpha value is -1.16. The molecule has 1 N–H and O–H groups in total. The van der Waals surface area contributed by atoms with Crippen LogP contribution in [-0.2, 0) is 0 Å². The van der Waals surface area contributed by atoms with Gasteiger partial charge in [-0.2, -0.15) is 5.10 Å². The number of nitrogens with one attached hydrogen (secondary N) is 1. The molecule has 0 spiro atoms. The van der Waals surface area contributed by atoms with Gasteiger partial charge in [0.1, 0.15) is 0 Å². The smallest absolute Gasteiger partial charge is 0.267 e. The quantitative estimate of drug-likeness (QED) is 0.784. The normalized spacial score (nSPS) is 27.2. The van der Waals surface area contributed by atoms with Crippen LogP contribution in [0.15, 0.2) is 33.8 Å². The Morgan fingerprint density at radius 1 is 1.14 bits per heavy atom. The van der Waals surface area contributed by atoms with E-state index in [9.17, 15) is 4.79 Å². The van der Waals surface area contributed by atoms with Crippen LogP contribution in [0.5, 0.6) is 0 Å². The third kappa shape index (κ3) is 3.54. The highest BCUT2D eigenvalue weighted by atomic mass is 79.9. The molecule has 21 heavy (non-hydrogen) atoms. The highest BCUT2D eigenvalue weighted by Gasteiger charge is 2.30. The van der Waals surface area contributed by atoms with Gasteiger partial charge in [-0.3, -0.25) is 4.79 Å². The van der Waals surface area contributed by atoms with Crippen molar-refractivity contribution in [3.63, 3.8) is 0 Å². The van der Waals surface area contributed by atoms with E-state index in [4.69, 9.17) is 0 Å². The minimum Gasteiger partial charge on any atom is -0.267 e. The number of carbonyl (C=O) groups excluding carboxylic acids is 1. The van der Waals surface area contributed by atoms with E-state index in [0.29, 0.717) is 5.56 Å². The average molecular weight is 349 g/mol. The minimum atomic E-state index is -0.138. The fourth-order valence-electron chi connectivity index (χ4n) is 3.63. The topological polar surface area (TPSA) is 41.5 Å². The summed E-state index contributed by atoms with van der Waals surface area (Å²) in [5.41, 5.74) is 4.52. The molecular weight excluding hydrogens is 328 g/mol. The molecule has 2 fully saturated rings. The zero-order valence-corrected chi connectivity index (χ0v) is 13.7. The predicted octanol–water partition coefficient (Wildman–Crippen LogP) is 4.53. The van der Waals surface area contributed by atoms with Crippen molar-refractivity contribution >= 4 is 27.5 Å². The van der Waals surface area contributed by atoms with Gasteiger partial charge in [0, 0.05) is 10.2 Å². The summed E-state index contributed by atoms with van der Waals surface area (Å²) in [6, 6.07) is 7.43. The van der Waals surface area contributed by atoms with Gasteiger partial charge >= 0.3 is 0 Å². The summed E-state index contributed by atoms with van der Waals surface area (Å²) >= 11 is 3.40. The van der Waals surface area contributed by atoms with Gasteiger partial charge in [0.05, 0.1) is 5.56 Å². The van der Waals surface area contributed by atoms with E-state index in [1.165, 1.54) is 37.8 Å². The number of halogens is 1. The first-order valence-electron chi connectivity index (χ1n) is 7.84. The van der Waals surface area contributed by atoms with Crippen LogP contribution in [0.25, 0.3) is 0 Å². The van der Waals surface area contributed by atoms with Crippen LogP contribution in [0.1, 0.15) is 55.3 Å². The van der Waals surface area contributed by atoms with Gasteiger partial charge in [-0.15, -0.1) is 0 Å². The highest BCUT2D eigenvalue weighted by Crippen LogP contribution is 2.39. The van der Waals surface area contributed by atoms with Gasteiger partial charge in [-0.25, -0.2) is 5.43 Å². The number of amides is 1. The number of nitrogens with zero attached hydrogens (tertiary/aromatic N) is 1. The first-order valence-corrected chi connectivity index (χ1v) is 8.63. The van der Waals surface area contributed by atoms with Crippen LogP contribution in [0, 0.1) is 11.8 Å². The Labute approximate surface area is 134 Å². The van der Waals surface area contributed by atoms with Gasteiger partial charge < -0.3 is 0 Å². The first kappa shape index (κ1) is 14.8. The van der Waals surface area contributed by atoms with Crippen LogP contribution in [-0.4, -0.2) is 11.6 Å². The number of benzene rings is 1. The molecule has 0 bridgehead atoms. The van der Waals surface area contributed by atoms with Crippen molar-refractivity contribution < 1.29 is 4.79 Å². The van der Waals surface area contributed by atoms with Gasteiger partial charge in [-0.05, 0) is 65.6 Å². The molecule has 1 aromatic carbocycles. The van der Waals surface area contributed by atoms with Crippen molar-refractivity contribution in [3.8, 4) is 0 Å². The second kappa shape index (κ2) is 6.73. The number of hydrazone groups is 1. The molecular formula is C17H21BrN2O. The van der Waals surface area contributed by atoms with Gasteiger partial charge in [0.15, 0.2) is 0 Å². The molecule has 2 aliphatic carbocycles. The Morgan fingerprint density at radius 2 is 1.90 bits per heavy atom. The molecule has 112 valence electrons. The van der Waals surface area contributed by atoms with Gasteiger partial charge in [-0.1, -0.05) is 31.4 Å². The standard InChI is InChI=1S/C17H21BrN2O/c18-16-8-4-3-7-15(16)17(21)20-19-14-10-9-12-5-1-2-6-13(12)11-14/h3-4,7-8,12-13H,1-2,5-6,9-11H2,(H,20,21)/b19-14-/t12-,13-/m1/s1. The predicted molar refractivity (Wildman–Crippen MR) is 88.3 cm³/mol. The molecule has 4 heteroatoms. The largest absolute Gasteiger partial charge is 0.272 e. The monoisotopic (exact) mass is 348 g/mol. The Bertz CT molecular complexity index is 555. The molecule has 3 nitrogen and oxygen atoms in total. The van der Waals surface area contributed by atoms with Gasteiger partial charge in [0.2, 0.25) is 0 Å². The number of fused-ring (bicyclic) bond motifs is 1. The lowest BCUT2D eigenvalue weighted by Gasteiger charge is -2.35.